The van der Waals surface area contributed by atoms with Gasteiger partial charge in [-0.3, -0.25) is 23.8 Å². The largest absolute Gasteiger partial charge is 0.526 e. The van der Waals surface area contributed by atoms with Crippen molar-refractivity contribution in [2.75, 3.05) is 6.61 Å². The Bertz CT molecular complexity index is 741. The molecule has 0 aromatic carbocycles. The van der Waals surface area contributed by atoms with Gasteiger partial charge in [-0.1, -0.05) is 6.58 Å². The number of hydrogen-bond donors (Lipinski definition) is 3. The molecule has 1 aliphatic rings. The number of aromatic nitrogens is 2. The smallest absolute Gasteiger partial charge is 0.413 e. The normalized spacial score (nSPS) is 26.7. The first-order valence-electron chi connectivity index (χ1n) is 6.65. The summed E-state index contributed by atoms with van der Waals surface area (Å²) in [5.41, 5.74) is -0.878. The van der Waals surface area contributed by atoms with E-state index in [-0.39, 0.29) is 6.42 Å². The Balaban J connectivity index is 2.08. The van der Waals surface area contributed by atoms with Gasteiger partial charge in [-0.05, 0) is 6.92 Å². The van der Waals surface area contributed by atoms with Crippen LogP contribution in [0.5, 0.6) is 0 Å². The molecule has 1 saturated heterocycles. The summed E-state index contributed by atoms with van der Waals surface area (Å²) < 4.78 is 26.9. The molecular formula is C12H17N2O8P. The topological polar surface area (TPSA) is 140 Å². The van der Waals surface area contributed by atoms with Gasteiger partial charge in [-0.25, -0.2) is 9.36 Å². The zero-order chi connectivity index (χ0) is 17.2. The maximum absolute atomic E-state index is 11.8. The first kappa shape index (κ1) is 17.6. The molecule has 23 heavy (non-hydrogen) atoms. The maximum Gasteiger partial charge on any atom is 0.526 e. The molecule has 128 valence electrons. The van der Waals surface area contributed by atoms with Crippen molar-refractivity contribution in [1.29, 1.82) is 0 Å². The van der Waals surface area contributed by atoms with Gasteiger partial charge < -0.3 is 14.4 Å². The van der Waals surface area contributed by atoms with Crippen LogP contribution >= 0.6 is 7.82 Å². The molecule has 0 aliphatic carbocycles. The van der Waals surface area contributed by atoms with Crippen molar-refractivity contribution < 1.29 is 28.3 Å². The van der Waals surface area contributed by atoms with Crippen LogP contribution < -0.4 is 11.2 Å². The molecule has 10 nitrogen and oxygen atoms in total. The number of ether oxygens (including phenoxy) is 1. The van der Waals surface area contributed by atoms with Gasteiger partial charge in [0.25, 0.3) is 5.56 Å². The van der Waals surface area contributed by atoms with Crippen molar-refractivity contribution in [2.24, 2.45) is 0 Å². The van der Waals surface area contributed by atoms with Crippen molar-refractivity contribution in [3.63, 3.8) is 0 Å². The number of aromatic amines is 1. The van der Waals surface area contributed by atoms with Crippen LogP contribution in [0.4, 0.5) is 0 Å². The monoisotopic (exact) mass is 348 g/mol. The maximum atomic E-state index is 11.8. The molecule has 1 unspecified atom stereocenters. The fourth-order valence-electron chi connectivity index (χ4n) is 2.13. The average Bonchev–Trinajstić information content (AvgIpc) is 2.82. The molecule has 1 aliphatic heterocycles. The molecule has 0 radical (unpaired) electrons. The van der Waals surface area contributed by atoms with Gasteiger partial charge in [0, 0.05) is 18.2 Å². The summed E-state index contributed by atoms with van der Waals surface area (Å²) in [6.07, 6.45) is -0.661. The highest BCUT2D eigenvalue weighted by Crippen LogP contribution is 2.44. The van der Waals surface area contributed by atoms with Crippen LogP contribution in [0, 0.1) is 6.92 Å². The standard InChI is InChI=1S/C12H17N2O8P/c1-3-20-23(18,19)21-6-9-8(15)4-10(22-9)14-5-7(2)11(16)13-12(14)17/h3,5,8-10,15H,1,4,6H2,2H3,(H,18,19)(H,13,16,17)/t8-,9+,10+/m0/s1. The summed E-state index contributed by atoms with van der Waals surface area (Å²) in [7, 11) is -4.31. The second-order valence-corrected chi connectivity index (χ2v) is 6.35. The van der Waals surface area contributed by atoms with Crippen LogP contribution in [-0.2, 0) is 18.3 Å². The number of nitrogens with zero attached hydrogens (tertiary/aromatic N) is 1. The Morgan fingerprint density at radius 3 is 2.96 bits per heavy atom. The first-order chi connectivity index (χ1) is 10.7. The Morgan fingerprint density at radius 1 is 1.61 bits per heavy atom. The molecular weight excluding hydrogens is 331 g/mol. The van der Waals surface area contributed by atoms with E-state index < -0.39 is 44.1 Å². The van der Waals surface area contributed by atoms with Crippen LogP contribution in [-0.4, -0.2) is 38.4 Å². The lowest BCUT2D eigenvalue weighted by atomic mass is 10.2. The van der Waals surface area contributed by atoms with E-state index in [1.54, 1.807) is 0 Å². The highest BCUT2D eigenvalue weighted by molar-refractivity contribution is 7.47. The van der Waals surface area contributed by atoms with Crippen LogP contribution in [0.3, 0.4) is 0 Å². The fraction of sp³-hybridized carbons (Fsp3) is 0.500. The summed E-state index contributed by atoms with van der Waals surface area (Å²) in [5, 5.41) is 9.94. The van der Waals surface area contributed by atoms with E-state index in [9.17, 15) is 24.2 Å². The van der Waals surface area contributed by atoms with E-state index in [0.717, 1.165) is 10.8 Å². The second-order valence-electron chi connectivity index (χ2n) is 4.95. The third-order valence-corrected chi connectivity index (χ3v) is 4.16. The number of nitrogens with one attached hydrogen (secondary N) is 1. The lowest BCUT2D eigenvalue weighted by Crippen LogP contribution is -2.33. The molecule has 4 atom stereocenters. The van der Waals surface area contributed by atoms with Crippen LogP contribution in [0.1, 0.15) is 18.2 Å². The quantitative estimate of drug-likeness (QED) is 0.473. The Kier molecular flexibility index (Phi) is 5.23. The van der Waals surface area contributed by atoms with Crippen LogP contribution in [0.15, 0.2) is 28.6 Å². The average molecular weight is 348 g/mol. The highest BCUT2D eigenvalue weighted by Gasteiger charge is 2.37. The lowest BCUT2D eigenvalue weighted by Gasteiger charge is -2.17. The number of phosphoric ester groups is 1. The molecule has 0 amide bonds. The van der Waals surface area contributed by atoms with Gasteiger partial charge in [0.15, 0.2) is 0 Å². The summed E-state index contributed by atoms with van der Waals surface area (Å²) in [6.45, 7) is 4.24. The molecule has 0 bridgehead atoms. The van der Waals surface area contributed by atoms with E-state index in [0.29, 0.717) is 5.56 Å². The summed E-state index contributed by atoms with van der Waals surface area (Å²) in [6, 6.07) is 0. The van der Waals surface area contributed by atoms with Crippen molar-refractivity contribution >= 4 is 7.82 Å². The molecule has 2 heterocycles. The highest BCUT2D eigenvalue weighted by atomic mass is 31.2. The number of phosphoric acid groups is 1. The number of rotatable bonds is 6. The summed E-state index contributed by atoms with van der Waals surface area (Å²) >= 11 is 0. The zero-order valence-corrected chi connectivity index (χ0v) is 13.1. The number of aliphatic hydroxyl groups excluding tert-OH is 1. The number of aryl methyl sites for hydroxylation is 1. The minimum atomic E-state index is -4.31. The first-order valence-corrected chi connectivity index (χ1v) is 8.15. The van der Waals surface area contributed by atoms with E-state index in [1.807, 2.05) is 0 Å². The van der Waals surface area contributed by atoms with Gasteiger partial charge in [0.05, 0.1) is 19.0 Å². The van der Waals surface area contributed by atoms with Crippen molar-refractivity contribution in [2.45, 2.75) is 31.8 Å². The van der Waals surface area contributed by atoms with E-state index in [1.165, 1.54) is 13.1 Å². The molecule has 2 rings (SSSR count). The van der Waals surface area contributed by atoms with Gasteiger partial charge in [-0.2, -0.15) is 0 Å². The molecule has 1 fully saturated rings. The zero-order valence-electron chi connectivity index (χ0n) is 12.2. The van der Waals surface area contributed by atoms with Crippen molar-refractivity contribution in [1.82, 2.24) is 9.55 Å². The molecule has 11 heteroatoms. The molecule has 1 aromatic rings. The van der Waals surface area contributed by atoms with Crippen LogP contribution in [0.25, 0.3) is 0 Å². The minimum absolute atomic E-state index is 0.0530. The Hall–Kier alpha value is -1.71. The predicted molar refractivity (Wildman–Crippen MR) is 77.7 cm³/mol. The Morgan fingerprint density at radius 2 is 2.30 bits per heavy atom. The SMILES string of the molecule is C=COP(=O)(O)OC[C@H]1O[C@@H](n2cc(C)c(=O)[nH]c2=O)C[C@@H]1O. The molecule has 1 aromatic heterocycles. The third-order valence-electron chi connectivity index (χ3n) is 3.27. The molecule has 3 N–H and O–H groups in total. The van der Waals surface area contributed by atoms with Gasteiger partial charge >= 0.3 is 13.5 Å². The number of aliphatic hydroxyl groups is 1. The van der Waals surface area contributed by atoms with E-state index >= 15 is 0 Å². The predicted octanol–water partition coefficient (Wildman–Crippen LogP) is -0.229. The molecule has 0 spiro atoms. The third kappa shape index (κ3) is 4.18. The van der Waals surface area contributed by atoms with Gasteiger partial charge in [0.2, 0.25) is 0 Å². The minimum Gasteiger partial charge on any atom is -0.413 e. The van der Waals surface area contributed by atoms with Gasteiger partial charge in [0.1, 0.15) is 12.3 Å². The van der Waals surface area contributed by atoms with Crippen molar-refractivity contribution in [3.8, 4) is 0 Å². The van der Waals surface area contributed by atoms with E-state index in [2.05, 4.69) is 20.6 Å². The van der Waals surface area contributed by atoms with Gasteiger partial charge in [-0.15, -0.1) is 0 Å². The lowest BCUT2D eigenvalue weighted by molar-refractivity contribution is -0.0453. The number of hydrogen-bond acceptors (Lipinski definition) is 7. The summed E-state index contributed by atoms with van der Waals surface area (Å²) in [5.74, 6) is 0. The summed E-state index contributed by atoms with van der Waals surface area (Å²) in [4.78, 5) is 34.5. The van der Waals surface area contributed by atoms with Crippen molar-refractivity contribution in [3.05, 3.63) is 45.4 Å². The Labute approximate surface area is 130 Å². The van der Waals surface area contributed by atoms with Crippen LogP contribution in [0.2, 0.25) is 0 Å². The van der Waals surface area contributed by atoms with E-state index in [4.69, 9.17) is 4.74 Å². The molecule has 0 saturated carbocycles. The second kappa shape index (κ2) is 6.81. The number of H-pyrrole nitrogens is 1. The fourth-order valence-corrected chi connectivity index (χ4v) is 2.71.